The Bertz CT molecular complexity index is 461. The summed E-state index contributed by atoms with van der Waals surface area (Å²) in [7, 11) is 0. The molecule has 1 saturated heterocycles. The Morgan fingerprint density at radius 2 is 1.92 bits per heavy atom. The maximum Gasteiger partial charge on any atom is 0.191 e. The van der Waals surface area contributed by atoms with Crippen molar-refractivity contribution in [3.8, 4) is 0 Å². The van der Waals surface area contributed by atoms with E-state index >= 15 is 0 Å². The van der Waals surface area contributed by atoms with Gasteiger partial charge in [-0.25, -0.2) is 4.99 Å². The van der Waals surface area contributed by atoms with Crippen LogP contribution in [0.4, 0.5) is 0 Å². The lowest BCUT2D eigenvalue weighted by atomic mass is 10.1. The number of halogens is 1. The van der Waals surface area contributed by atoms with Crippen LogP contribution in [0.2, 0.25) is 0 Å². The van der Waals surface area contributed by atoms with Gasteiger partial charge in [-0.05, 0) is 38.3 Å². The molecule has 0 atom stereocenters. The molecule has 3 N–H and O–H groups in total. The van der Waals surface area contributed by atoms with Crippen molar-refractivity contribution in [1.82, 2.24) is 15.5 Å². The Kier molecular flexibility index (Phi) is 11.0. The number of likely N-dealkylation sites (tertiary alicyclic amines) is 1. The van der Waals surface area contributed by atoms with Crippen LogP contribution in [0.3, 0.4) is 0 Å². The molecule has 0 aromatic heterocycles. The van der Waals surface area contributed by atoms with Gasteiger partial charge in [-0.1, -0.05) is 30.3 Å². The standard InChI is InChI=1S/C18H30N4O.HI/c1-2-19-18(21-15-16-7-4-3-5-8-16)20-11-6-12-22-13-9-17(23)10-14-22;/h3-5,7-8,17,23H,2,6,9-15H2,1H3,(H2,19,20,21);1H. The van der Waals surface area contributed by atoms with Crippen LogP contribution in [0.15, 0.2) is 35.3 Å². The van der Waals surface area contributed by atoms with Crippen molar-refractivity contribution in [3.05, 3.63) is 35.9 Å². The van der Waals surface area contributed by atoms with E-state index in [1.807, 2.05) is 18.2 Å². The van der Waals surface area contributed by atoms with Gasteiger partial charge >= 0.3 is 0 Å². The summed E-state index contributed by atoms with van der Waals surface area (Å²) in [6, 6.07) is 10.3. The summed E-state index contributed by atoms with van der Waals surface area (Å²) < 4.78 is 0. The van der Waals surface area contributed by atoms with E-state index in [1.165, 1.54) is 5.56 Å². The van der Waals surface area contributed by atoms with Crippen LogP contribution in [0.5, 0.6) is 0 Å². The quantitative estimate of drug-likeness (QED) is 0.260. The van der Waals surface area contributed by atoms with Gasteiger partial charge in [-0.2, -0.15) is 0 Å². The van der Waals surface area contributed by atoms with E-state index in [9.17, 15) is 5.11 Å². The third kappa shape index (κ3) is 8.30. The average molecular weight is 446 g/mol. The predicted molar refractivity (Wildman–Crippen MR) is 111 cm³/mol. The number of nitrogens with zero attached hydrogens (tertiary/aromatic N) is 2. The summed E-state index contributed by atoms with van der Waals surface area (Å²) in [6.07, 6.45) is 2.82. The van der Waals surface area contributed by atoms with Gasteiger partial charge in [0.1, 0.15) is 0 Å². The number of hydrogen-bond donors (Lipinski definition) is 3. The molecule has 0 unspecified atom stereocenters. The third-order valence-corrected chi connectivity index (χ3v) is 4.11. The molecule has 24 heavy (non-hydrogen) atoms. The van der Waals surface area contributed by atoms with Gasteiger partial charge < -0.3 is 20.6 Å². The van der Waals surface area contributed by atoms with E-state index in [2.05, 4.69) is 39.6 Å². The number of guanidine groups is 1. The van der Waals surface area contributed by atoms with Gasteiger partial charge in [-0.3, -0.25) is 0 Å². The molecule has 1 aromatic rings. The number of benzene rings is 1. The largest absolute Gasteiger partial charge is 0.393 e. The van der Waals surface area contributed by atoms with Gasteiger partial charge in [0.2, 0.25) is 0 Å². The molecular formula is C18H31IN4O. The van der Waals surface area contributed by atoms with Gasteiger partial charge in [0, 0.05) is 26.2 Å². The molecular weight excluding hydrogens is 415 g/mol. The van der Waals surface area contributed by atoms with Crippen LogP contribution in [-0.4, -0.2) is 54.8 Å². The predicted octanol–water partition coefficient (Wildman–Crippen LogP) is 2.21. The van der Waals surface area contributed by atoms with Crippen LogP contribution in [0.1, 0.15) is 31.7 Å². The number of aliphatic hydroxyl groups excluding tert-OH is 1. The van der Waals surface area contributed by atoms with Crippen molar-refractivity contribution in [2.24, 2.45) is 4.99 Å². The van der Waals surface area contributed by atoms with Gasteiger partial charge in [0.25, 0.3) is 0 Å². The van der Waals surface area contributed by atoms with E-state index in [0.29, 0.717) is 6.54 Å². The molecule has 0 spiro atoms. The first-order valence-electron chi connectivity index (χ1n) is 8.74. The number of nitrogens with one attached hydrogen (secondary N) is 2. The molecule has 0 saturated carbocycles. The molecule has 2 rings (SSSR count). The summed E-state index contributed by atoms with van der Waals surface area (Å²) in [6.45, 7) is 7.67. The molecule has 1 aliphatic rings. The van der Waals surface area contributed by atoms with Crippen LogP contribution in [-0.2, 0) is 6.54 Å². The van der Waals surface area contributed by atoms with E-state index in [-0.39, 0.29) is 30.1 Å². The van der Waals surface area contributed by atoms with Crippen molar-refractivity contribution in [2.75, 3.05) is 32.7 Å². The number of aliphatic hydroxyl groups is 1. The highest BCUT2D eigenvalue weighted by molar-refractivity contribution is 14.0. The van der Waals surface area contributed by atoms with E-state index in [1.54, 1.807) is 0 Å². The normalized spacial score (nSPS) is 16.5. The number of hydrogen-bond acceptors (Lipinski definition) is 3. The molecule has 1 heterocycles. The molecule has 6 heteroatoms. The zero-order valence-electron chi connectivity index (χ0n) is 14.6. The fourth-order valence-corrected chi connectivity index (χ4v) is 2.75. The molecule has 1 aromatic carbocycles. The molecule has 5 nitrogen and oxygen atoms in total. The Labute approximate surface area is 162 Å². The zero-order chi connectivity index (χ0) is 16.3. The van der Waals surface area contributed by atoms with Gasteiger partial charge in [0.15, 0.2) is 5.96 Å². The summed E-state index contributed by atoms with van der Waals surface area (Å²) in [5.74, 6) is 0.880. The second kappa shape index (κ2) is 12.5. The van der Waals surface area contributed by atoms with Crippen molar-refractivity contribution < 1.29 is 5.11 Å². The average Bonchev–Trinajstić information content (AvgIpc) is 2.59. The van der Waals surface area contributed by atoms with E-state index in [4.69, 9.17) is 0 Å². The Hall–Kier alpha value is -0.860. The van der Waals surface area contributed by atoms with Crippen LogP contribution in [0, 0.1) is 0 Å². The maximum absolute atomic E-state index is 9.52. The van der Waals surface area contributed by atoms with Crippen LogP contribution in [0.25, 0.3) is 0 Å². The minimum Gasteiger partial charge on any atom is -0.393 e. The molecule has 0 amide bonds. The SMILES string of the molecule is CCNC(=NCc1ccccc1)NCCCN1CCC(O)CC1.I. The highest BCUT2D eigenvalue weighted by Gasteiger charge is 2.15. The maximum atomic E-state index is 9.52. The molecule has 0 bridgehead atoms. The Balaban J connectivity index is 0.00000288. The topological polar surface area (TPSA) is 59.9 Å². The first kappa shape index (κ1) is 21.2. The first-order valence-corrected chi connectivity index (χ1v) is 8.74. The first-order chi connectivity index (χ1) is 11.3. The Morgan fingerprint density at radius 1 is 1.21 bits per heavy atom. The second-order valence-electron chi connectivity index (χ2n) is 6.03. The lowest BCUT2D eigenvalue weighted by Crippen LogP contribution is -2.40. The second-order valence-corrected chi connectivity index (χ2v) is 6.03. The summed E-state index contributed by atoms with van der Waals surface area (Å²) in [5.41, 5.74) is 1.22. The Morgan fingerprint density at radius 3 is 2.58 bits per heavy atom. The third-order valence-electron chi connectivity index (χ3n) is 4.11. The smallest absolute Gasteiger partial charge is 0.191 e. The summed E-state index contributed by atoms with van der Waals surface area (Å²) in [5, 5.41) is 16.2. The van der Waals surface area contributed by atoms with Crippen molar-refractivity contribution in [3.63, 3.8) is 0 Å². The van der Waals surface area contributed by atoms with E-state index in [0.717, 1.165) is 57.9 Å². The van der Waals surface area contributed by atoms with Gasteiger partial charge in [0.05, 0.1) is 12.6 Å². The van der Waals surface area contributed by atoms with Crippen molar-refractivity contribution in [2.45, 2.75) is 38.8 Å². The van der Waals surface area contributed by atoms with Crippen LogP contribution >= 0.6 is 24.0 Å². The minimum atomic E-state index is -0.0881. The van der Waals surface area contributed by atoms with Crippen LogP contribution < -0.4 is 10.6 Å². The number of aliphatic imine (C=N–C) groups is 1. The van der Waals surface area contributed by atoms with E-state index < -0.39 is 0 Å². The highest BCUT2D eigenvalue weighted by atomic mass is 127. The van der Waals surface area contributed by atoms with Crippen molar-refractivity contribution >= 4 is 29.9 Å². The minimum absolute atomic E-state index is 0. The molecule has 136 valence electrons. The monoisotopic (exact) mass is 446 g/mol. The fraction of sp³-hybridized carbons (Fsp3) is 0.611. The molecule has 1 aliphatic heterocycles. The van der Waals surface area contributed by atoms with Crippen molar-refractivity contribution in [1.29, 1.82) is 0 Å². The van der Waals surface area contributed by atoms with Gasteiger partial charge in [-0.15, -0.1) is 24.0 Å². The molecule has 0 radical (unpaired) electrons. The summed E-state index contributed by atoms with van der Waals surface area (Å²) >= 11 is 0. The number of rotatable bonds is 7. The molecule has 0 aliphatic carbocycles. The highest BCUT2D eigenvalue weighted by Crippen LogP contribution is 2.09. The number of piperidine rings is 1. The summed E-state index contributed by atoms with van der Waals surface area (Å²) in [4.78, 5) is 7.06. The lowest BCUT2D eigenvalue weighted by molar-refractivity contribution is 0.0823. The lowest BCUT2D eigenvalue weighted by Gasteiger charge is -2.29. The molecule has 1 fully saturated rings. The fourth-order valence-electron chi connectivity index (χ4n) is 2.75. The zero-order valence-corrected chi connectivity index (χ0v) is 16.9.